The van der Waals surface area contributed by atoms with Gasteiger partial charge in [0.25, 0.3) is 0 Å². The van der Waals surface area contributed by atoms with Crippen LogP contribution >= 0.6 is 0 Å². The molecular formula is C14H18F3N3O3. The summed E-state index contributed by atoms with van der Waals surface area (Å²) in [7, 11) is 1.56. The molecule has 0 aliphatic carbocycles. The number of carbonyl (C=O) groups excluding carboxylic acids is 2. The van der Waals surface area contributed by atoms with Gasteiger partial charge in [0.1, 0.15) is 12.4 Å². The average Bonchev–Trinajstić information content (AvgIpc) is 2.42. The molecule has 23 heavy (non-hydrogen) atoms. The van der Waals surface area contributed by atoms with Crippen LogP contribution in [0.4, 0.5) is 13.2 Å². The molecule has 6 nitrogen and oxygen atoms in total. The third-order valence-corrected chi connectivity index (χ3v) is 2.69. The lowest BCUT2D eigenvalue weighted by Crippen LogP contribution is -2.40. The van der Waals surface area contributed by atoms with Crippen LogP contribution in [0.1, 0.15) is 5.56 Å². The molecule has 2 amide bonds. The lowest BCUT2D eigenvalue weighted by atomic mass is 10.2. The van der Waals surface area contributed by atoms with Crippen molar-refractivity contribution in [2.45, 2.75) is 6.18 Å². The predicted octanol–water partition coefficient (Wildman–Crippen LogP) is 0.618. The molecule has 0 saturated carbocycles. The lowest BCUT2D eigenvalue weighted by Gasteiger charge is -2.14. The number of hydrogen-bond donors (Lipinski definition) is 2. The minimum atomic E-state index is -4.43. The first-order valence-electron chi connectivity index (χ1n) is 6.72. The highest BCUT2D eigenvalue weighted by atomic mass is 19.4. The molecule has 0 spiro atoms. The van der Waals surface area contributed by atoms with Crippen molar-refractivity contribution in [2.75, 3.05) is 33.3 Å². The van der Waals surface area contributed by atoms with Gasteiger partial charge >= 0.3 is 6.18 Å². The van der Waals surface area contributed by atoms with Gasteiger partial charge in [0, 0.05) is 0 Å². The van der Waals surface area contributed by atoms with Crippen LogP contribution in [0.3, 0.4) is 0 Å². The second-order valence-corrected chi connectivity index (χ2v) is 4.86. The standard InChI is InChI=1S/C14H18F3N3O3/c1-20(8-12(18)21)9-13(22)19-5-6-23-11-4-2-3-10(7-11)14(15,16)17/h2-4,7H,5-6,8-9H2,1H3,(H2,18,21)(H,19,22). The zero-order chi connectivity index (χ0) is 17.5. The summed E-state index contributed by atoms with van der Waals surface area (Å²) in [4.78, 5) is 23.6. The van der Waals surface area contributed by atoms with Crippen LogP contribution in [-0.4, -0.2) is 50.0 Å². The first-order chi connectivity index (χ1) is 10.7. The molecular weight excluding hydrogens is 315 g/mol. The van der Waals surface area contributed by atoms with Crippen LogP contribution in [0, 0.1) is 0 Å². The highest BCUT2D eigenvalue weighted by Gasteiger charge is 2.30. The number of halogens is 3. The fourth-order valence-corrected chi connectivity index (χ4v) is 1.74. The monoisotopic (exact) mass is 333 g/mol. The van der Waals surface area contributed by atoms with Gasteiger partial charge in [-0.25, -0.2) is 0 Å². The number of benzene rings is 1. The van der Waals surface area contributed by atoms with Crippen molar-refractivity contribution in [3.05, 3.63) is 29.8 Å². The highest BCUT2D eigenvalue weighted by molar-refractivity contribution is 5.80. The number of ether oxygens (including phenoxy) is 1. The van der Waals surface area contributed by atoms with E-state index in [2.05, 4.69) is 5.32 Å². The molecule has 0 saturated heterocycles. The van der Waals surface area contributed by atoms with E-state index in [1.165, 1.54) is 17.0 Å². The molecule has 1 aromatic rings. The highest BCUT2D eigenvalue weighted by Crippen LogP contribution is 2.31. The number of hydrogen-bond acceptors (Lipinski definition) is 4. The van der Waals surface area contributed by atoms with E-state index >= 15 is 0 Å². The summed E-state index contributed by atoms with van der Waals surface area (Å²) in [5.74, 6) is -0.825. The van der Waals surface area contributed by atoms with Crippen molar-refractivity contribution in [3.8, 4) is 5.75 Å². The average molecular weight is 333 g/mol. The summed E-state index contributed by atoms with van der Waals surface area (Å²) in [5, 5.41) is 2.52. The molecule has 0 aliphatic heterocycles. The number of nitrogens with zero attached hydrogens (tertiary/aromatic N) is 1. The maximum absolute atomic E-state index is 12.5. The second-order valence-electron chi connectivity index (χ2n) is 4.86. The Labute approximate surface area is 131 Å². The van der Waals surface area contributed by atoms with Crippen molar-refractivity contribution >= 4 is 11.8 Å². The van der Waals surface area contributed by atoms with E-state index < -0.39 is 17.6 Å². The lowest BCUT2D eigenvalue weighted by molar-refractivity contribution is -0.137. The zero-order valence-corrected chi connectivity index (χ0v) is 12.5. The quantitative estimate of drug-likeness (QED) is 0.683. The van der Waals surface area contributed by atoms with Gasteiger partial charge in [-0.3, -0.25) is 14.5 Å². The Bertz CT molecular complexity index is 550. The predicted molar refractivity (Wildman–Crippen MR) is 76.6 cm³/mol. The van der Waals surface area contributed by atoms with Crippen molar-refractivity contribution in [1.82, 2.24) is 10.2 Å². The molecule has 0 aromatic heterocycles. The van der Waals surface area contributed by atoms with E-state index in [1.807, 2.05) is 0 Å². The van der Waals surface area contributed by atoms with E-state index in [1.54, 1.807) is 7.05 Å². The zero-order valence-electron chi connectivity index (χ0n) is 12.5. The Hall–Kier alpha value is -2.29. The topological polar surface area (TPSA) is 84.7 Å². The number of nitrogens with two attached hydrogens (primary N) is 1. The van der Waals surface area contributed by atoms with Crippen molar-refractivity contribution in [1.29, 1.82) is 0 Å². The van der Waals surface area contributed by atoms with Crippen LogP contribution in [0.25, 0.3) is 0 Å². The van der Waals surface area contributed by atoms with E-state index in [9.17, 15) is 22.8 Å². The number of rotatable bonds is 8. The number of primary amides is 1. The Morgan fingerprint density at radius 1 is 1.30 bits per heavy atom. The van der Waals surface area contributed by atoms with E-state index in [0.717, 1.165) is 12.1 Å². The summed E-state index contributed by atoms with van der Waals surface area (Å²) < 4.78 is 42.7. The molecule has 0 aliphatic rings. The van der Waals surface area contributed by atoms with Crippen molar-refractivity contribution < 1.29 is 27.5 Å². The Morgan fingerprint density at radius 3 is 2.61 bits per heavy atom. The minimum Gasteiger partial charge on any atom is -0.492 e. The third kappa shape index (κ3) is 7.50. The van der Waals surface area contributed by atoms with E-state index in [-0.39, 0.29) is 37.9 Å². The Morgan fingerprint density at radius 2 is 2.00 bits per heavy atom. The number of carbonyl (C=O) groups is 2. The molecule has 0 fully saturated rings. The molecule has 0 heterocycles. The molecule has 0 radical (unpaired) electrons. The van der Waals surface area contributed by atoms with Crippen LogP contribution in [0.5, 0.6) is 5.75 Å². The summed E-state index contributed by atoms with van der Waals surface area (Å²) in [6.45, 7) is 0.0761. The summed E-state index contributed by atoms with van der Waals surface area (Å²) >= 11 is 0. The number of alkyl halides is 3. The fourth-order valence-electron chi connectivity index (χ4n) is 1.74. The summed E-state index contributed by atoms with van der Waals surface area (Å²) in [5.41, 5.74) is 4.19. The maximum atomic E-state index is 12.5. The van der Waals surface area contributed by atoms with Gasteiger partial charge in [-0.2, -0.15) is 13.2 Å². The van der Waals surface area contributed by atoms with Gasteiger partial charge < -0.3 is 15.8 Å². The van der Waals surface area contributed by atoms with Gasteiger partial charge in [0.05, 0.1) is 25.2 Å². The van der Waals surface area contributed by atoms with Crippen LogP contribution in [0.15, 0.2) is 24.3 Å². The number of likely N-dealkylation sites (N-methyl/N-ethyl adjacent to an activating group) is 1. The number of nitrogens with one attached hydrogen (secondary N) is 1. The molecule has 0 unspecified atom stereocenters. The third-order valence-electron chi connectivity index (χ3n) is 2.69. The van der Waals surface area contributed by atoms with Crippen LogP contribution in [0.2, 0.25) is 0 Å². The Kier molecular flexibility index (Phi) is 6.83. The molecule has 3 N–H and O–H groups in total. The largest absolute Gasteiger partial charge is 0.492 e. The molecule has 128 valence electrons. The van der Waals surface area contributed by atoms with Gasteiger partial charge in [0.2, 0.25) is 11.8 Å². The summed E-state index contributed by atoms with van der Waals surface area (Å²) in [6, 6.07) is 4.49. The van der Waals surface area contributed by atoms with Gasteiger partial charge in [-0.1, -0.05) is 6.07 Å². The summed E-state index contributed by atoms with van der Waals surface area (Å²) in [6.07, 6.45) is -4.43. The smallest absolute Gasteiger partial charge is 0.416 e. The molecule has 9 heteroatoms. The Balaban J connectivity index is 2.32. The molecule has 0 atom stereocenters. The minimum absolute atomic E-state index is 0.0204. The number of amides is 2. The normalized spacial score (nSPS) is 11.3. The van der Waals surface area contributed by atoms with Crippen molar-refractivity contribution in [2.24, 2.45) is 5.73 Å². The van der Waals surface area contributed by atoms with Crippen LogP contribution < -0.4 is 15.8 Å². The van der Waals surface area contributed by atoms with Gasteiger partial charge in [0.15, 0.2) is 0 Å². The van der Waals surface area contributed by atoms with E-state index in [4.69, 9.17) is 10.5 Å². The van der Waals surface area contributed by atoms with Gasteiger partial charge in [-0.15, -0.1) is 0 Å². The van der Waals surface area contributed by atoms with Crippen LogP contribution in [-0.2, 0) is 15.8 Å². The first-order valence-corrected chi connectivity index (χ1v) is 6.72. The second kappa shape index (κ2) is 8.37. The SMILES string of the molecule is CN(CC(N)=O)CC(=O)NCCOc1cccc(C(F)(F)F)c1. The van der Waals surface area contributed by atoms with E-state index in [0.29, 0.717) is 0 Å². The van der Waals surface area contributed by atoms with Gasteiger partial charge in [-0.05, 0) is 25.2 Å². The molecule has 1 aromatic carbocycles. The molecule has 0 bridgehead atoms. The fraction of sp³-hybridized carbons (Fsp3) is 0.429. The molecule has 1 rings (SSSR count). The first kappa shape index (κ1) is 18.8. The maximum Gasteiger partial charge on any atom is 0.416 e. The van der Waals surface area contributed by atoms with Crippen molar-refractivity contribution in [3.63, 3.8) is 0 Å².